The quantitative estimate of drug-likeness (QED) is 0.160. The molecule has 0 N–H and O–H groups in total. The average Bonchev–Trinajstić information content (AvgIpc) is 3.30. The standard InChI is InChI=1S/C51H34BN5/c1-5-16-36(17-6-1)49-53-50(37-18-7-2-8-19-37)55-51(54-49)38-30-28-35(29-31-38)39-32-33-45-43(34-39)52-42-24-13-14-25-44(42)56(40-20-9-3-10-21-40)46-26-15-27-47(48(46)52)57(45)41-22-11-4-12-23-41/h1-34H. The van der Waals surface area contributed by atoms with E-state index in [4.69, 9.17) is 15.0 Å². The van der Waals surface area contributed by atoms with E-state index in [1.807, 2.05) is 60.7 Å². The minimum absolute atomic E-state index is 0.0413. The van der Waals surface area contributed by atoms with Crippen molar-refractivity contribution in [3.8, 4) is 45.3 Å². The van der Waals surface area contributed by atoms with Gasteiger partial charge < -0.3 is 9.80 Å². The summed E-state index contributed by atoms with van der Waals surface area (Å²) in [4.78, 5) is 19.7. The largest absolute Gasteiger partial charge is 0.311 e. The molecule has 2 aliphatic heterocycles. The first-order chi connectivity index (χ1) is 28.3. The number of hydrogen-bond acceptors (Lipinski definition) is 5. The predicted molar refractivity (Wildman–Crippen MR) is 236 cm³/mol. The summed E-state index contributed by atoms with van der Waals surface area (Å²) in [6.45, 7) is 0.0413. The van der Waals surface area contributed by atoms with Crippen molar-refractivity contribution in [1.82, 2.24) is 15.0 Å². The van der Waals surface area contributed by atoms with Crippen molar-refractivity contribution in [3.63, 3.8) is 0 Å². The van der Waals surface area contributed by atoms with E-state index < -0.39 is 0 Å². The second-order valence-electron chi connectivity index (χ2n) is 14.4. The van der Waals surface area contributed by atoms with Crippen LogP contribution in [0, 0.1) is 0 Å². The van der Waals surface area contributed by atoms with Crippen LogP contribution in [-0.4, -0.2) is 21.7 Å². The van der Waals surface area contributed by atoms with Crippen molar-refractivity contribution in [1.29, 1.82) is 0 Å². The normalized spacial score (nSPS) is 12.5. The van der Waals surface area contributed by atoms with Crippen LogP contribution in [0.2, 0.25) is 0 Å². The molecule has 0 bridgehead atoms. The lowest BCUT2D eigenvalue weighted by Crippen LogP contribution is -2.61. The summed E-state index contributed by atoms with van der Waals surface area (Å²) < 4.78 is 0. The molecule has 0 amide bonds. The van der Waals surface area contributed by atoms with E-state index in [1.54, 1.807) is 0 Å². The van der Waals surface area contributed by atoms with E-state index in [9.17, 15) is 0 Å². The van der Waals surface area contributed by atoms with Gasteiger partial charge in [0.1, 0.15) is 0 Å². The first-order valence-electron chi connectivity index (χ1n) is 19.3. The Bertz CT molecular complexity index is 2830. The summed E-state index contributed by atoms with van der Waals surface area (Å²) in [5, 5.41) is 0. The molecular weight excluding hydrogens is 693 g/mol. The fraction of sp³-hybridized carbons (Fsp3) is 0. The zero-order valence-corrected chi connectivity index (χ0v) is 30.9. The topological polar surface area (TPSA) is 45.2 Å². The van der Waals surface area contributed by atoms with Crippen molar-refractivity contribution in [2.45, 2.75) is 0 Å². The third-order valence-electron chi connectivity index (χ3n) is 11.1. The van der Waals surface area contributed by atoms with Gasteiger partial charge >= 0.3 is 0 Å². The molecule has 2 aliphatic rings. The molecule has 0 saturated heterocycles. The summed E-state index contributed by atoms with van der Waals surface area (Å²) in [7, 11) is 0. The van der Waals surface area contributed by atoms with Gasteiger partial charge in [-0.05, 0) is 76.0 Å². The lowest BCUT2D eigenvalue weighted by atomic mass is 9.33. The lowest BCUT2D eigenvalue weighted by Gasteiger charge is -2.44. The first kappa shape index (κ1) is 32.8. The molecule has 0 atom stereocenters. The number of hydrogen-bond donors (Lipinski definition) is 0. The van der Waals surface area contributed by atoms with Crippen molar-refractivity contribution >= 4 is 57.2 Å². The van der Waals surface area contributed by atoms with Gasteiger partial charge in [0.25, 0.3) is 6.71 Å². The van der Waals surface area contributed by atoms with E-state index in [0.29, 0.717) is 17.5 Å². The highest BCUT2D eigenvalue weighted by Crippen LogP contribution is 2.44. The fourth-order valence-corrected chi connectivity index (χ4v) is 8.53. The maximum Gasteiger partial charge on any atom is 0.252 e. The number of nitrogens with zero attached hydrogens (tertiary/aromatic N) is 5. The van der Waals surface area contributed by atoms with Crippen LogP contribution in [0.4, 0.5) is 34.1 Å². The van der Waals surface area contributed by atoms with Crippen molar-refractivity contribution in [2.75, 3.05) is 9.80 Å². The monoisotopic (exact) mass is 727 g/mol. The summed E-state index contributed by atoms with van der Waals surface area (Å²) in [5.41, 5.74) is 16.1. The minimum Gasteiger partial charge on any atom is -0.311 e. The number of aromatic nitrogens is 3. The molecule has 8 aromatic carbocycles. The van der Waals surface area contributed by atoms with Crippen molar-refractivity contribution < 1.29 is 0 Å². The molecule has 0 saturated carbocycles. The number of para-hydroxylation sites is 3. The van der Waals surface area contributed by atoms with Crippen LogP contribution in [-0.2, 0) is 0 Å². The molecule has 0 unspecified atom stereocenters. The Morgan fingerprint density at radius 2 is 0.702 bits per heavy atom. The van der Waals surface area contributed by atoms with E-state index in [0.717, 1.165) is 39.2 Å². The van der Waals surface area contributed by atoms with Crippen LogP contribution in [0.1, 0.15) is 0 Å². The Morgan fingerprint density at radius 1 is 0.298 bits per heavy atom. The van der Waals surface area contributed by atoms with E-state index in [-0.39, 0.29) is 6.71 Å². The average molecular weight is 728 g/mol. The minimum atomic E-state index is 0.0413. The zero-order valence-electron chi connectivity index (χ0n) is 30.9. The van der Waals surface area contributed by atoms with Gasteiger partial charge in [-0.3, -0.25) is 0 Å². The molecule has 6 heteroatoms. The second kappa shape index (κ2) is 13.6. The third kappa shape index (κ3) is 5.61. The second-order valence-corrected chi connectivity index (χ2v) is 14.4. The first-order valence-corrected chi connectivity index (χ1v) is 19.3. The Labute approximate surface area is 332 Å². The van der Waals surface area contributed by atoms with Gasteiger partial charge in [-0.25, -0.2) is 15.0 Å². The number of rotatable bonds is 6. The Balaban J connectivity index is 1.05. The number of anilines is 6. The third-order valence-corrected chi connectivity index (χ3v) is 11.1. The van der Waals surface area contributed by atoms with Gasteiger partial charge in [0.15, 0.2) is 17.5 Å². The maximum absolute atomic E-state index is 4.97. The highest BCUT2D eigenvalue weighted by atomic mass is 15.2. The molecule has 57 heavy (non-hydrogen) atoms. The molecule has 1 aromatic heterocycles. The molecule has 0 aliphatic carbocycles. The van der Waals surface area contributed by atoms with Gasteiger partial charge in [0.2, 0.25) is 0 Å². The maximum atomic E-state index is 4.97. The van der Waals surface area contributed by atoms with Crippen LogP contribution >= 0.6 is 0 Å². The predicted octanol–water partition coefficient (Wildman–Crippen LogP) is 10.6. The molecule has 3 heterocycles. The van der Waals surface area contributed by atoms with E-state index in [2.05, 4.69) is 155 Å². The molecule has 0 fully saturated rings. The molecule has 11 rings (SSSR count). The van der Waals surface area contributed by atoms with Crippen molar-refractivity contribution in [3.05, 3.63) is 206 Å². The Morgan fingerprint density at radius 3 is 1.25 bits per heavy atom. The Hall–Kier alpha value is -7.57. The van der Waals surface area contributed by atoms with Gasteiger partial charge in [-0.1, -0.05) is 158 Å². The van der Waals surface area contributed by atoms with E-state index >= 15 is 0 Å². The SMILES string of the molecule is c1ccc(-c2nc(-c3ccccc3)nc(-c3ccc(-c4ccc5c(c4)B4c6ccccc6N(c6ccccc6)c6cccc(c64)N5c4ccccc4)cc3)n2)cc1. The molecule has 0 spiro atoms. The smallest absolute Gasteiger partial charge is 0.252 e. The molecule has 266 valence electrons. The summed E-state index contributed by atoms with van der Waals surface area (Å²) in [6, 6.07) is 72.9. The molecule has 5 nitrogen and oxygen atoms in total. The lowest BCUT2D eigenvalue weighted by molar-refractivity contribution is 1.07. The number of benzene rings is 8. The fourth-order valence-electron chi connectivity index (χ4n) is 8.53. The van der Waals surface area contributed by atoms with Crippen LogP contribution in [0.25, 0.3) is 45.3 Å². The van der Waals surface area contributed by atoms with E-state index in [1.165, 1.54) is 39.1 Å². The number of fused-ring (bicyclic) bond motifs is 4. The summed E-state index contributed by atoms with van der Waals surface area (Å²) >= 11 is 0. The van der Waals surface area contributed by atoms with Gasteiger partial charge in [-0.2, -0.15) is 0 Å². The molecule has 0 radical (unpaired) electrons. The summed E-state index contributed by atoms with van der Waals surface area (Å²) in [5.74, 6) is 1.95. The van der Waals surface area contributed by atoms with Crippen LogP contribution in [0.5, 0.6) is 0 Å². The van der Waals surface area contributed by atoms with Crippen LogP contribution in [0.15, 0.2) is 206 Å². The molecule has 9 aromatic rings. The van der Waals surface area contributed by atoms with Crippen LogP contribution < -0.4 is 26.2 Å². The zero-order chi connectivity index (χ0) is 37.7. The summed E-state index contributed by atoms with van der Waals surface area (Å²) in [6.07, 6.45) is 0. The molecular formula is C51H34BN5. The van der Waals surface area contributed by atoms with Gasteiger partial charge in [-0.15, -0.1) is 0 Å². The van der Waals surface area contributed by atoms with Crippen LogP contribution in [0.3, 0.4) is 0 Å². The van der Waals surface area contributed by atoms with Gasteiger partial charge in [0.05, 0.1) is 0 Å². The Kier molecular flexibility index (Phi) is 7.85. The highest BCUT2D eigenvalue weighted by Gasteiger charge is 2.43. The van der Waals surface area contributed by atoms with Gasteiger partial charge in [0, 0.05) is 50.8 Å². The highest BCUT2D eigenvalue weighted by molar-refractivity contribution is 7.00. The van der Waals surface area contributed by atoms with Crippen molar-refractivity contribution in [2.24, 2.45) is 0 Å².